The van der Waals surface area contributed by atoms with Gasteiger partial charge in [-0.15, -0.1) is 19.0 Å². The summed E-state index contributed by atoms with van der Waals surface area (Å²) in [5.41, 5.74) is 5.90. The molecule has 0 aliphatic carbocycles. The van der Waals surface area contributed by atoms with Crippen LogP contribution >= 0.6 is 12.4 Å². The Morgan fingerprint density at radius 3 is 2.00 bits per heavy atom. The molecule has 0 amide bonds. The van der Waals surface area contributed by atoms with Gasteiger partial charge in [0, 0.05) is 0 Å². The molecule has 94 valence electrons. The van der Waals surface area contributed by atoms with Crippen molar-refractivity contribution in [2.75, 3.05) is 6.54 Å². The quantitative estimate of drug-likeness (QED) is 0.776. The minimum Gasteiger partial charge on any atom is -0.400 e. The fourth-order valence-corrected chi connectivity index (χ4v) is 1.46. The van der Waals surface area contributed by atoms with E-state index < -0.39 is 0 Å². The fourth-order valence-electron chi connectivity index (χ4n) is 1.46. The summed E-state index contributed by atoms with van der Waals surface area (Å²) in [4.78, 5) is 0. The van der Waals surface area contributed by atoms with Crippen LogP contribution in [0.25, 0.3) is 0 Å². The maximum Gasteiger partial charge on any atom is 0.489 e. The lowest BCUT2D eigenvalue weighted by molar-refractivity contribution is 0.00578. The standard InChI is InChI=1S/C11H22BNO2.ClH/c1-9(7-6-8-13)12-14-10(2,3)11(4,5)15-12;/h1,6-8,13H2,2-5H3;1H. The molecule has 1 heterocycles. The van der Waals surface area contributed by atoms with Gasteiger partial charge in [0.25, 0.3) is 0 Å². The van der Waals surface area contributed by atoms with Crippen LogP contribution in [0.3, 0.4) is 0 Å². The smallest absolute Gasteiger partial charge is 0.400 e. The summed E-state index contributed by atoms with van der Waals surface area (Å²) in [5.74, 6) is 0. The fraction of sp³-hybridized carbons (Fsp3) is 0.818. The van der Waals surface area contributed by atoms with Gasteiger partial charge in [0.15, 0.2) is 0 Å². The zero-order chi connectivity index (χ0) is 11.7. The number of allylic oxidation sites excluding steroid dienone is 1. The van der Waals surface area contributed by atoms with Gasteiger partial charge in [-0.2, -0.15) is 0 Å². The Balaban J connectivity index is 0.00000225. The molecule has 0 aromatic carbocycles. The van der Waals surface area contributed by atoms with Crippen molar-refractivity contribution in [1.82, 2.24) is 0 Å². The van der Waals surface area contributed by atoms with E-state index in [9.17, 15) is 0 Å². The van der Waals surface area contributed by atoms with E-state index in [0.717, 1.165) is 18.3 Å². The number of halogens is 1. The third-order valence-electron chi connectivity index (χ3n) is 3.29. The topological polar surface area (TPSA) is 44.5 Å². The largest absolute Gasteiger partial charge is 0.489 e. The molecule has 0 unspecified atom stereocenters. The van der Waals surface area contributed by atoms with E-state index in [2.05, 4.69) is 6.58 Å². The summed E-state index contributed by atoms with van der Waals surface area (Å²) in [6.07, 6.45) is 1.80. The van der Waals surface area contributed by atoms with Crippen LogP contribution in [0.1, 0.15) is 40.5 Å². The van der Waals surface area contributed by atoms with Crippen LogP contribution in [0.15, 0.2) is 12.1 Å². The van der Waals surface area contributed by atoms with Crippen molar-refractivity contribution in [3.8, 4) is 0 Å². The minimum absolute atomic E-state index is 0. The highest BCUT2D eigenvalue weighted by Crippen LogP contribution is 2.38. The molecular weight excluding hydrogens is 224 g/mol. The SMILES string of the molecule is C=C(CCCN)B1OC(C)(C)C(C)(C)O1.Cl. The lowest BCUT2D eigenvalue weighted by Gasteiger charge is -2.32. The van der Waals surface area contributed by atoms with Gasteiger partial charge in [-0.1, -0.05) is 0 Å². The first-order valence-corrected chi connectivity index (χ1v) is 5.53. The second-order valence-corrected chi connectivity index (χ2v) is 5.14. The van der Waals surface area contributed by atoms with Crippen LogP contribution < -0.4 is 5.73 Å². The summed E-state index contributed by atoms with van der Waals surface area (Å²) in [5, 5.41) is 0. The van der Waals surface area contributed by atoms with E-state index in [1.54, 1.807) is 0 Å². The summed E-state index contributed by atoms with van der Waals surface area (Å²) >= 11 is 0. The monoisotopic (exact) mass is 247 g/mol. The molecule has 2 N–H and O–H groups in total. The molecule has 1 fully saturated rings. The number of rotatable bonds is 4. The normalized spacial score (nSPS) is 21.7. The predicted octanol–water partition coefficient (Wildman–Crippen LogP) is 2.33. The summed E-state index contributed by atoms with van der Waals surface area (Å²) in [7, 11) is -0.276. The average Bonchev–Trinajstić information content (AvgIpc) is 2.32. The van der Waals surface area contributed by atoms with E-state index >= 15 is 0 Å². The predicted molar refractivity (Wildman–Crippen MR) is 70.8 cm³/mol. The van der Waals surface area contributed by atoms with Gasteiger partial charge >= 0.3 is 7.12 Å². The van der Waals surface area contributed by atoms with Crippen molar-refractivity contribution in [2.24, 2.45) is 5.73 Å². The van der Waals surface area contributed by atoms with Crippen LogP contribution in [-0.4, -0.2) is 24.9 Å². The molecule has 0 aromatic rings. The van der Waals surface area contributed by atoms with Crippen molar-refractivity contribution < 1.29 is 9.31 Å². The molecule has 3 nitrogen and oxygen atoms in total. The molecule has 0 aromatic heterocycles. The van der Waals surface area contributed by atoms with E-state index in [0.29, 0.717) is 6.54 Å². The van der Waals surface area contributed by atoms with Crippen LogP contribution in [0, 0.1) is 0 Å². The maximum atomic E-state index is 5.86. The van der Waals surface area contributed by atoms with E-state index in [-0.39, 0.29) is 30.7 Å². The molecule has 1 rings (SSSR count). The Morgan fingerprint density at radius 1 is 1.19 bits per heavy atom. The van der Waals surface area contributed by atoms with Crippen molar-refractivity contribution in [2.45, 2.75) is 51.7 Å². The summed E-state index contributed by atoms with van der Waals surface area (Å²) in [6, 6.07) is 0. The zero-order valence-corrected chi connectivity index (χ0v) is 11.5. The van der Waals surface area contributed by atoms with Crippen LogP contribution in [-0.2, 0) is 9.31 Å². The first-order chi connectivity index (χ1) is 6.80. The van der Waals surface area contributed by atoms with Gasteiger partial charge in [-0.05, 0) is 52.6 Å². The summed E-state index contributed by atoms with van der Waals surface area (Å²) < 4.78 is 11.7. The van der Waals surface area contributed by atoms with E-state index in [4.69, 9.17) is 15.0 Å². The molecule has 1 saturated heterocycles. The average molecular weight is 248 g/mol. The van der Waals surface area contributed by atoms with Crippen LogP contribution in [0.5, 0.6) is 0 Å². The molecule has 0 atom stereocenters. The van der Waals surface area contributed by atoms with Crippen LogP contribution in [0.4, 0.5) is 0 Å². The zero-order valence-electron chi connectivity index (χ0n) is 10.7. The highest BCUT2D eigenvalue weighted by Gasteiger charge is 2.51. The number of nitrogens with two attached hydrogens (primary N) is 1. The molecule has 0 radical (unpaired) electrons. The lowest BCUT2D eigenvalue weighted by Crippen LogP contribution is -2.41. The third-order valence-corrected chi connectivity index (χ3v) is 3.29. The van der Waals surface area contributed by atoms with E-state index in [1.807, 2.05) is 27.7 Å². The Hall–Kier alpha value is -0.0251. The van der Waals surface area contributed by atoms with Gasteiger partial charge in [-0.3, -0.25) is 0 Å². The van der Waals surface area contributed by atoms with Gasteiger partial charge < -0.3 is 15.0 Å². The Kier molecular flexibility index (Phi) is 5.53. The second kappa shape index (κ2) is 5.54. The van der Waals surface area contributed by atoms with Gasteiger partial charge in [0.05, 0.1) is 11.2 Å². The molecule has 0 bridgehead atoms. The van der Waals surface area contributed by atoms with Crippen molar-refractivity contribution in [1.29, 1.82) is 0 Å². The third kappa shape index (κ3) is 3.23. The maximum absolute atomic E-state index is 5.86. The first-order valence-electron chi connectivity index (χ1n) is 5.53. The summed E-state index contributed by atoms with van der Waals surface area (Å²) in [6.45, 7) is 12.9. The number of hydrogen-bond acceptors (Lipinski definition) is 3. The van der Waals surface area contributed by atoms with Gasteiger partial charge in [0.1, 0.15) is 0 Å². The first kappa shape index (κ1) is 16.0. The van der Waals surface area contributed by atoms with Crippen molar-refractivity contribution >= 4 is 19.5 Å². The highest BCUT2D eigenvalue weighted by molar-refractivity contribution is 6.54. The molecule has 0 saturated carbocycles. The lowest BCUT2D eigenvalue weighted by atomic mass is 9.77. The Bertz CT molecular complexity index is 240. The Morgan fingerprint density at radius 2 is 1.62 bits per heavy atom. The highest BCUT2D eigenvalue weighted by atomic mass is 35.5. The molecule has 1 aliphatic rings. The number of hydrogen-bond donors (Lipinski definition) is 1. The van der Waals surface area contributed by atoms with Crippen molar-refractivity contribution in [3.63, 3.8) is 0 Å². The molecule has 16 heavy (non-hydrogen) atoms. The second-order valence-electron chi connectivity index (χ2n) is 5.14. The Labute approximate surface area is 105 Å². The molecule has 0 spiro atoms. The van der Waals surface area contributed by atoms with Crippen molar-refractivity contribution in [3.05, 3.63) is 12.1 Å². The molecular formula is C11H23BClNO2. The molecule has 5 heteroatoms. The minimum atomic E-state index is -0.276. The van der Waals surface area contributed by atoms with Gasteiger partial charge in [-0.25, -0.2) is 0 Å². The van der Waals surface area contributed by atoms with Crippen LogP contribution in [0.2, 0.25) is 0 Å². The molecule has 1 aliphatic heterocycles. The van der Waals surface area contributed by atoms with E-state index in [1.165, 1.54) is 0 Å². The van der Waals surface area contributed by atoms with Gasteiger partial charge in [0.2, 0.25) is 0 Å².